The number of halogens is 1. The van der Waals surface area contributed by atoms with Gasteiger partial charge in [-0.1, -0.05) is 24.3 Å². The number of hydrogen-bond acceptors (Lipinski definition) is 3. The summed E-state index contributed by atoms with van der Waals surface area (Å²) in [5.41, 5.74) is 6.79. The summed E-state index contributed by atoms with van der Waals surface area (Å²) in [5.74, 6) is 0.388. The lowest BCUT2D eigenvalue weighted by atomic mass is 10.0. The summed E-state index contributed by atoms with van der Waals surface area (Å²) >= 11 is 5.65. The van der Waals surface area contributed by atoms with Gasteiger partial charge in [-0.05, 0) is 11.1 Å². The highest BCUT2D eigenvalue weighted by atomic mass is 35.5. The van der Waals surface area contributed by atoms with Gasteiger partial charge in [0.15, 0.2) is 0 Å². The van der Waals surface area contributed by atoms with Crippen LogP contribution in [0.5, 0.6) is 0 Å². The van der Waals surface area contributed by atoms with Gasteiger partial charge >= 0.3 is 0 Å². The second kappa shape index (κ2) is 5.32. The Bertz CT molecular complexity index is 293. The van der Waals surface area contributed by atoms with Crippen LogP contribution in [0.2, 0.25) is 0 Å². The van der Waals surface area contributed by atoms with Gasteiger partial charge in [0, 0.05) is 12.4 Å². The molecule has 4 N–H and O–H groups in total. The van der Waals surface area contributed by atoms with Gasteiger partial charge in [0.2, 0.25) is 0 Å². The van der Waals surface area contributed by atoms with E-state index in [0.717, 1.165) is 5.56 Å². The Morgan fingerprint density at radius 2 is 2.07 bits per heavy atom. The standard InChI is InChI=1S/C10H14ClNO2/c11-5-7-2-1-3-8(4-7)10(14)9(13)6-12/h1-4,9-10,13-14H,5-6,12H2. The summed E-state index contributed by atoms with van der Waals surface area (Å²) in [7, 11) is 0. The first-order valence-electron chi connectivity index (χ1n) is 4.40. The van der Waals surface area contributed by atoms with Crippen molar-refractivity contribution in [2.75, 3.05) is 6.54 Å². The van der Waals surface area contributed by atoms with Crippen LogP contribution in [-0.4, -0.2) is 22.9 Å². The maximum Gasteiger partial charge on any atom is 0.106 e. The fourth-order valence-electron chi connectivity index (χ4n) is 1.21. The van der Waals surface area contributed by atoms with E-state index in [2.05, 4.69) is 0 Å². The van der Waals surface area contributed by atoms with Crippen molar-refractivity contribution in [1.82, 2.24) is 0 Å². The van der Waals surface area contributed by atoms with E-state index in [1.807, 2.05) is 6.07 Å². The molecular weight excluding hydrogens is 202 g/mol. The lowest BCUT2D eigenvalue weighted by Gasteiger charge is -2.16. The highest BCUT2D eigenvalue weighted by Crippen LogP contribution is 2.18. The maximum absolute atomic E-state index is 9.64. The number of hydrogen-bond donors (Lipinski definition) is 3. The molecule has 14 heavy (non-hydrogen) atoms. The molecule has 0 aliphatic heterocycles. The number of nitrogens with two attached hydrogens (primary N) is 1. The molecule has 0 aliphatic carbocycles. The van der Waals surface area contributed by atoms with Crippen LogP contribution in [0.3, 0.4) is 0 Å². The van der Waals surface area contributed by atoms with Crippen molar-refractivity contribution < 1.29 is 10.2 Å². The lowest BCUT2D eigenvalue weighted by molar-refractivity contribution is 0.0243. The van der Waals surface area contributed by atoms with Crippen LogP contribution in [0.15, 0.2) is 24.3 Å². The molecule has 1 aromatic rings. The Hall–Kier alpha value is -0.610. The normalized spacial score (nSPS) is 15.1. The number of aliphatic hydroxyl groups is 2. The molecule has 0 radical (unpaired) electrons. The summed E-state index contributed by atoms with van der Waals surface area (Å²) in [6, 6.07) is 7.15. The van der Waals surface area contributed by atoms with Gasteiger partial charge in [-0.2, -0.15) is 0 Å². The number of benzene rings is 1. The number of aliphatic hydroxyl groups excluding tert-OH is 2. The van der Waals surface area contributed by atoms with Crippen molar-refractivity contribution in [2.24, 2.45) is 5.73 Å². The van der Waals surface area contributed by atoms with Gasteiger partial charge in [-0.25, -0.2) is 0 Å². The molecule has 0 fully saturated rings. The zero-order chi connectivity index (χ0) is 10.6. The van der Waals surface area contributed by atoms with E-state index in [1.165, 1.54) is 0 Å². The minimum atomic E-state index is -0.942. The van der Waals surface area contributed by atoms with Crippen molar-refractivity contribution in [3.05, 3.63) is 35.4 Å². The van der Waals surface area contributed by atoms with Crippen LogP contribution in [-0.2, 0) is 5.88 Å². The van der Waals surface area contributed by atoms with Gasteiger partial charge < -0.3 is 15.9 Å². The summed E-state index contributed by atoms with van der Waals surface area (Å²) < 4.78 is 0. The molecule has 0 spiro atoms. The second-order valence-corrected chi connectivity index (χ2v) is 3.39. The molecule has 1 aromatic carbocycles. The highest BCUT2D eigenvalue weighted by molar-refractivity contribution is 6.17. The Labute approximate surface area is 88.1 Å². The Morgan fingerprint density at radius 1 is 1.36 bits per heavy atom. The van der Waals surface area contributed by atoms with E-state index in [0.29, 0.717) is 11.4 Å². The Kier molecular flexibility index (Phi) is 4.35. The first-order valence-corrected chi connectivity index (χ1v) is 4.93. The van der Waals surface area contributed by atoms with Crippen LogP contribution in [0, 0.1) is 0 Å². The summed E-state index contributed by atoms with van der Waals surface area (Å²) in [5, 5.41) is 19.0. The quantitative estimate of drug-likeness (QED) is 0.651. The average Bonchev–Trinajstić information content (AvgIpc) is 2.27. The Balaban J connectivity index is 2.83. The summed E-state index contributed by atoms with van der Waals surface area (Å²) in [6.45, 7) is 0.0340. The number of alkyl halides is 1. The molecule has 0 heterocycles. The SMILES string of the molecule is NCC(O)C(O)c1cccc(CCl)c1. The zero-order valence-corrected chi connectivity index (χ0v) is 8.48. The van der Waals surface area contributed by atoms with E-state index in [4.69, 9.17) is 17.3 Å². The molecule has 3 nitrogen and oxygen atoms in total. The number of rotatable bonds is 4. The van der Waals surface area contributed by atoms with E-state index in [-0.39, 0.29) is 6.54 Å². The van der Waals surface area contributed by atoms with Gasteiger partial charge in [-0.15, -0.1) is 11.6 Å². The largest absolute Gasteiger partial charge is 0.389 e. The average molecular weight is 216 g/mol. The lowest BCUT2D eigenvalue weighted by Crippen LogP contribution is -2.27. The second-order valence-electron chi connectivity index (χ2n) is 3.13. The highest BCUT2D eigenvalue weighted by Gasteiger charge is 2.16. The molecule has 0 amide bonds. The fraction of sp³-hybridized carbons (Fsp3) is 0.400. The van der Waals surface area contributed by atoms with Crippen LogP contribution >= 0.6 is 11.6 Å². The van der Waals surface area contributed by atoms with E-state index in [1.54, 1.807) is 18.2 Å². The van der Waals surface area contributed by atoms with Gasteiger partial charge in [0.25, 0.3) is 0 Å². The van der Waals surface area contributed by atoms with Crippen LogP contribution < -0.4 is 5.73 Å². The molecule has 1 rings (SSSR count). The van der Waals surface area contributed by atoms with Crippen molar-refractivity contribution in [3.8, 4) is 0 Å². The molecule has 4 heteroatoms. The van der Waals surface area contributed by atoms with Gasteiger partial charge in [0.05, 0.1) is 6.10 Å². The van der Waals surface area contributed by atoms with Gasteiger partial charge in [0.1, 0.15) is 6.10 Å². The van der Waals surface area contributed by atoms with Crippen molar-refractivity contribution >= 4 is 11.6 Å². The zero-order valence-electron chi connectivity index (χ0n) is 7.73. The van der Waals surface area contributed by atoms with E-state index < -0.39 is 12.2 Å². The predicted octanol–water partition coefficient (Wildman–Crippen LogP) is 0.778. The monoisotopic (exact) mass is 215 g/mol. The third kappa shape index (κ3) is 2.69. The molecule has 0 bridgehead atoms. The molecule has 2 unspecified atom stereocenters. The maximum atomic E-state index is 9.64. The van der Waals surface area contributed by atoms with Crippen LogP contribution in [0.25, 0.3) is 0 Å². The van der Waals surface area contributed by atoms with E-state index >= 15 is 0 Å². The van der Waals surface area contributed by atoms with Crippen molar-refractivity contribution in [1.29, 1.82) is 0 Å². The molecular formula is C10H14ClNO2. The third-order valence-corrected chi connectivity index (χ3v) is 2.36. The molecule has 0 saturated heterocycles. The molecule has 0 aliphatic rings. The molecule has 2 atom stereocenters. The van der Waals surface area contributed by atoms with Gasteiger partial charge in [-0.3, -0.25) is 0 Å². The predicted molar refractivity (Wildman–Crippen MR) is 56.0 cm³/mol. The molecule has 78 valence electrons. The molecule has 0 saturated carbocycles. The summed E-state index contributed by atoms with van der Waals surface area (Å²) in [4.78, 5) is 0. The van der Waals surface area contributed by atoms with Crippen LogP contribution in [0.4, 0.5) is 0 Å². The fourth-order valence-corrected chi connectivity index (χ4v) is 1.38. The van der Waals surface area contributed by atoms with Crippen LogP contribution in [0.1, 0.15) is 17.2 Å². The van der Waals surface area contributed by atoms with E-state index in [9.17, 15) is 10.2 Å². The Morgan fingerprint density at radius 3 is 2.64 bits per heavy atom. The van der Waals surface area contributed by atoms with Crippen molar-refractivity contribution in [2.45, 2.75) is 18.1 Å². The van der Waals surface area contributed by atoms with Crippen molar-refractivity contribution in [3.63, 3.8) is 0 Å². The topological polar surface area (TPSA) is 66.5 Å². The minimum Gasteiger partial charge on any atom is -0.389 e. The minimum absolute atomic E-state index is 0.0340. The summed E-state index contributed by atoms with van der Waals surface area (Å²) in [6.07, 6.45) is -1.87. The molecule has 0 aromatic heterocycles. The first kappa shape index (κ1) is 11.5. The third-order valence-electron chi connectivity index (χ3n) is 2.05. The smallest absolute Gasteiger partial charge is 0.106 e. The first-order chi connectivity index (χ1) is 6.69.